The van der Waals surface area contributed by atoms with Gasteiger partial charge in [0.05, 0.1) is 24.3 Å². The van der Waals surface area contributed by atoms with Crippen LogP contribution in [0.15, 0.2) is 54.6 Å². The first-order valence-corrected chi connectivity index (χ1v) is 7.43. The molecule has 0 fully saturated rings. The molecule has 0 atom stereocenters. The average molecular weight is 330 g/mol. The van der Waals surface area contributed by atoms with Crippen LogP contribution in [0.2, 0.25) is 0 Å². The van der Waals surface area contributed by atoms with E-state index in [1.807, 2.05) is 30.3 Å². The Balaban J connectivity index is 1.64. The van der Waals surface area contributed by atoms with Crippen LogP contribution in [0.3, 0.4) is 0 Å². The Morgan fingerprint density at radius 2 is 1.42 bits per heavy atom. The maximum Gasteiger partial charge on any atom is 0.339 e. The molecular formula is C18H18O6. The van der Waals surface area contributed by atoms with Gasteiger partial charge in [-0.3, -0.25) is 0 Å². The van der Waals surface area contributed by atoms with Crippen LogP contribution < -0.4 is 4.74 Å². The lowest BCUT2D eigenvalue weighted by Crippen LogP contribution is -2.16. The van der Waals surface area contributed by atoms with Crippen LogP contribution in [-0.4, -0.2) is 43.5 Å². The molecule has 1 N–H and O–H groups in total. The fourth-order valence-corrected chi connectivity index (χ4v) is 1.96. The summed E-state index contributed by atoms with van der Waals surface area (Å²) >= 11 is 0. The van der Waals surface area contributed by atoms with Gasteiger partial charge in [-0.15, -0.1) is 0 Å². The number of rotatable bonds is 9. The molecule has 0 bridgehead atoms. The van der Waals surface area contributed by atoms with Gasteiger partial charge in [0, 0.05) is 0 Å². The van der Waals surface area contributed by atoms with Crippen molar-refractivity contribution in [1.82, 2.24) is 0 Å². The fourth-order valence-electron chi connectivity index (χ4n) is 1.96. The van der Waals surface area contributed by atoms with Crippen LogP contribution in [0.25, 0.3) is 0 Å². The Hall–Kier alpha value is -2.86. The zero-order valence-corrected chi connectivity index (χ0v) is 13.0. The molecule has 0 spiro atoms. The molecule has 2 aromatic rings. The summed E-state index contributed by atoms with van der Waals surface area (Å²) in [6.07, 6.45) is 0. The van der Waals surface area contributed by atoms with Crippen molar-refractivity contribution in [2.24, 2.45) is 0 Å². The molecule has 0 heterocycles. The van der Waals surface area contributed by atoms with E-state index in [0.717, 1.165) is 5.75 Å². The van der Waals surface area contributed by atoms with Crippen molar-refractivity contribution in [3.63, 3.8) is 0 Å². The van der Waals surface area contributed by atoms with Crippen molar-refractivity contribution in [3.05, 3.63) is 65.7 Å². The zero-order valence-electron chi connectivity index (χ0n) is 13.0. The quantitative estimate of drug-likeness (QED) is 0.562. The highest BCUT2D eigenvalue weighted by molar-refractivity contribution is 6.02. The summed E-state index contributed by atoms with van der Waals surface area (Å²) in [5.74, 6) is -1.09. The Morgan fingerprint density at radius 1 is 0.792 bits per heavy atom. The highest BCUT2D eigenvalue weighted by atomic mass is 16.6. The van der Waals surface area contributed by atoms with E-state index in [1.165, 1.54) is 12.1 Å². The summed E-state index contributed by atoms with van der Waals surface area (Å²) < 4.78 is 15.8. The molecule has 2 rings (SSSR count). The number of carbonyl (C=O) groups excluding carboxylic acids is 1. The molecule has 0 aromatic heterocycles. The van der Waals surface area contributed by atoms with E-state index in [2.05, 4.69) is 0 Å². The molecule has 6 heteroatoms. The molecule has 0 aliphatic heterocycles. The number of benzene rings is 2. The second-order valence-electron chi connectivity index (χ2n) is 4.76. The maximum atomic E-state index is 11.9. The molecule has 126 valence electrons. The van der Waals surface area contributed by atoms with Crippen molar-refractivity contribution >= 4 is 11.9 Å². The number of para-hydroxylation sites is 1. The Bertz CT molecular complexity index is 668. The van der Waals surface area contributed by atoms with Gasteiger partial charge in [-0.25, -0.2) is 9.59 Å². The first kappa shape index (κ1) is 17.5. The number of hydrogen-bond donors (Lipinski definition) is 1. The zero-order chi connectivity index (χ0) is 17.2. The first-order chi connectivity index (χ1) is 11.7. The summed E-state index contributed by atoms with van der Waals surface area (Å²) in [5.41, 5.74) is -0.0582. The van der Waals surface area contributed by atoms with E-state index < -0.39 is 11.9 Å². The van der Waals surface area contributed by atoms with Gasteiger partial charge in [-0.2, -0.15) is 0 Å². The fraction of sp³-hybridized carbons (Fsp3) is 0.222. The van der Waals surface area contributed by atoms with Crippen molar-refractivity contribution in [3.8, 4) is 5.75 Å². The standard InChI is InChI=1S/C18H18O6/c19-17(20)15-8-4-5-9-16(15)18(21)24-13-11-22-10-12-23-14-6-2-1-3-7-14/h1-9H,10-13H2,(H,19,20). The van der Waals surface area contributed by atoms with E-state index in [4.69, 9.17) is 19.3 Å². The third kappa shape index (κ3) is 5.40. The maximum absolute atomic E-state index is 11.9. The van der Waals surface area contributed by atoms with Gasteiger partial charge < -0.3 is 19.3 Å². The number of carbonyl (C=O) groups is 2. The molecule has 0 saturated heterocycles. The van der Waals surface area contributed by atoms with Crippen LogP contribution in [0.4, 0.5) is 0 Å². The third-order valence-electron chi connectivity index (χ3n) is 3.08. The molecule has 2 aromatic carbocycles. The summed E-state index contributed by atoms with van der Waals surface area (Å²) in [6.45, 7) is 0.995. The first-order valence-electron chi connectivity index (χ1n) is 7.43. The summed E-state index contributed by atoms with van der Waals surface area (Å²) in [6, 6.07) is 15.3. The normalized spacial score (nSPS) is 10.2. The number of carboxylic acid groups (broad SMARTS) is 1. The lowest BCUT2D eigenvalue weighted by atomic mass is 10.1. The molecule has 6 nitrogen and oxygen atoms in total. The Labute approximate surface area is 139 Å². The number of carboxylic acids is 1. The van der Waals surface area contributed by atoms with Crippen molar-refractivity contribution in [2.45, 2.75) is 0 Å². The van der Waals surface area contributed by atoms with Crippen molar-refractivity contribution in [2.75, 3.05) is 26.4 Å². The minimum atomic E-state index is -1.17. The minimum Gasteiger partial charge on any atom is -0.491 e. The lowest BCUT2D eigenvalue weighted by molar-refractivity contribution is 0.0269. The number of esters is 1. The largest absolute Gasteiger partial charge is 0.491 e. The number of aromatic carboxylic acids is 1. The van der Waals surface area contributed by atoms with E-state index in [-0.39, 0.29) is 24.3 Å². The molecule has 24 heavy (non-hydrogen) atoms. The van der Waals surface area contributed by atoms with Gasteiger partial charge in [0.15, 0.2) is 0 Å². The highest BCUT2D eigenvalue weighted by Gasteiger charge is 2.16. The minimum absolute atomic E-state index is 0.0254. The van der Waals surface area contributed by atoms with Gasteiger partial charge >= 0.3 is 11.9 Å². The molecular weight excluding hydrogens is 312 g/mol. The molecule has 0 aliphatic rings. The summed E-state index contributed by atoms with van der Waals surface area (Å²) in [4.78, 5) is 22.9. The monoisotopic (exact) mass is 330 g/mol. The van der Waals surface area contributed by atoms with Gasteiger partial charge in [-0.05, 0) is 24.3 Å². The molecule has 0 unspecified atom stereocenters. The Morgan fingerprint density at radius 3 is 2.12 bits per heavy atom. The van der Waals surface area contributed by atoms with E-state index in [9.17, 15) is 9.59 Å². The lowest BCUT2D eigenvalue weighted by Gasteiger charge is -2.08. The number of ether oxygens (including phenoxy) is 3. The van der Waals surface area contributed by atoms with Crippen LogP contribution >= 0.6 is 0 Å². The average Bonchev–Trinajstić information content (AvgIpc) is 2.61. The predicted molar refractivity (Wildman–Crippen MR) is 86.4 cm³/mol. The third-order valence-corrected chi connectivity index (χ3v) is 3.08. The summed E-state index contributed by atoms with van der Waals surface area (Å²) in [5, 5.41) is 9.03. The molecule has 0 amide bonds. The smallest absolute Gasteiger partial charge is 0.339 e. The van der Waals surface area contributed by atoms with E-state index in [1.54, 1.807) is 12.1 Å². The SMILES string of the molecule is O=C(O)c1ccccc1C(=O)OCCOCCOc1ccccc1. The highest BCUT2D eigenvalue weighted by Crippen LogP contribution is 2.10. The van der Waals surface area contributed by atoms with Gasteiger partial charge in [0.25, 0.3) is 0 Å². The van der Waals surface area contributed by atoms with Crippen LogP contribution in [0.1, 0.15) is 20.7 Å². The van der Waals surface area contributed by atoms with Gasteiger partial charge in [0.2, 0.25) is 0 Å². The predicted octanol–water partition coefficient (Wildman–Crippen LogP) is 2.64. The molecule has 0 saturated carbocycles. The van der Waals surface area contributed by atoms with Crippen LogP contribution in [-0.2, 0) is 9.47 Å². The molecule has 0 aliphatic carbocycles. The Kier molecular flexibility index (Phi) is 6.79. The van der Waals surface area contributed by atoms with Gasteiger partial charge in [-0.1, -0.05) is 30.3 Å². The van der Waals surface area contributed by atoms with Crippen LogP contribution in [0.5, 0.6) is 5.75 Å². The summed E-state index contributed by atoms with van der Waals surface area (Å²) in [7, 11) is 0. The topological polar surface area (TPSA) is 82.1 Å². The van der Waals surface area contributed by atoms with E-state index in [0.29, 0.717) is 13.2 Å². The van der Waals surface area contributed by atoms with Crippen LogP contribution in [0, 0.1) is 0 Å². The second kappa shape index (κ2) is 9.32. The van der Waals surface area contributed by atoms with Crippen molar-refractivity contribution in [1.29, 1.82) is 0 Å². The number of hydrogen-bond acceptors (Lipinski definition) is 5. The molecule has 0 radical (unpaired) electrons. The van der Waals surface area contributed by atoms with E-state index >= 15 is 0 Å². The van der Waals surface area contributed by atoms with Gasteiger partial charge in [0.1, 0.15) is 19.0 Å². The van der Waals surface area contributed by atoms with Crippen molar-refractivity contribution < 1.29 is 28.9 Å². The second-order valence-corrected chi connectivity index (χ2v) is 4.76.